The van der Waals surface area contributed by atoms with Gasteiger partial charge in [-0.25, -0.2) is 4.39 Å². The number of rotatable bonds is 4. The van der Waals surface area contributed by atoms with Crippen LogP contribution in [-0.4, -0.2) is 81.2 Å². The number of nitrogens with zero attached hydrogens (tertiary/aromatic N) is 1. The van der Waals surface area contributed by atoms with Gasteiger partial charge in [0.1, 0.15) is 36.3 Å². The Morgan fingerprint density at radius 3 is 2.50 bits per heavy atom. The van der Waals surface area contributed by atoms with Crippen molar-refractivity contribution < 1.29 is 28.2 Å². The number of aryl methyl sites for hydroxylation is 1. The van der Waals surface area contributed by atoms with E-state index in [4.69, 9.17) is 9.47 Å². The number of ether oxygens (including phenoxy) is 2. The second kappa shape index (κ2) is 14.4. The molecule has 38 heavy (non-hydrogen) atoms. The van der Waals surface area contributed by atoms with Crippen molar-refractivity contribution in [1.82, 2.24) is 20.9 Å². The maximum atomic E-state index is 13.4. The Labute approximate surface area is 223 Å². The van der Waals surface area contributed by atoms with E-state index in [0.717, 1.165) is 11.3 Å². The Kier molecular flexibility index (Phi) is 11.0. The Morgan fingerprint density at radius 2 is 1.76 bits per heavy atom. The first-order valence-corrected chi connectivity index (χ1v) is 12.8. The molecule has 3 N–H and O–H groups in total. The molecule has 0 radical (unpaired) electrons. The van der Waals surface area contributed by atoms with E-state index in [2.05, 4.69) is 16.0 Å². The number of hydrogen-bond acceptors (Lipinski definition) is 6. The average molecular weight is 529 g/mol. The molecule has 1 aliphatic rings. The van der Waals surface area contributed by atoms with Gasteiger partial charge in [-0.1, -0.05) is 30.3 Å². The number of amides is 3. The van der Waals surface area contributed by atoms with E-state index in [9.17, 15) is 18.8 Å². The molecule has 0 aliphatic carbocycles. The Balaban J connectivity index is 1.83. The van der Waals surface area contributed by atoms with Gasteiger partial charge in [-0.2, -0.15) is 0 Å². The first-order chi connectivity index (χ1) is 18.3. The van der Waals surface area contributed by atoms with Crippen molar-refractivity contribution in [1.29, 1.82) is 0 Å². The molecule has 0 unspecified atom stereocenters. The Bertz CT molecular complexity index is 1080. The maximum absolute atomic E-state index is 13.4. The first-order valence-electron chi connectivity index (χ1n) is 12.8. The fraction of sp³-hybridized carbons (Fsp3) is 0.464. The van der Waals surface area contributed by atoms with E-state index in [1.165, 1.54) is 31.2 Å². The largest absolute Gasteiger partial charge is 0.492 e. The number of carbonyl (C=O) groups is 3. The van der Waals surface area contributed by atoms with Crippen LogP contribution in [0.4, 0.5) is 4.39 Å². The van der Waals surface area contributed by atoms with E-state index < -0.39 is 24.0 Å². The zero-order chi connectivity index (χ0) is 27.5. The average Bonchev–Trinajstić information content (AvgIpc) is 2.92. The molecule has 2 aromatic rings. The standard InChI is InChI=1S/C28H37FN4O5/c1-19-26(34)32-23(17-20-10-12-22(29)13-11-20)27(35)31-14-6-8-21-7-4-5-9-25(21)38-16-15-30-24(18-37-3)28(36)33(19)2/h4-5,7,9-13,19,23-24,30H,6,8,14-18H2,1-3H3,(H,31,35)(H,32,34)/t19-,23-,24+/m1/s1. The van der Waals surface area contributed by atoms with Crippen molar-refractivity contribution in [3.63, 3.8) is 0 Å². The number of para-hydroxylation sites is 1. The molecule has 206 valence electrons. The van der Waals surface area contributed by atoms with Crippen LogP contribution in [-0.2, 0) is 32.0 Å². The summed E-state index contributed by atoms with van der Waals surface area (Å²) in [4.78, 5) is 40.8. The van der Waals surface area contributed by atoms with Crippen molar-refractivity contribution in [2.24, 2.45) is 0 Å². The van der Waals surface area contributed by atoms with Gasteiger partial charge in [-0.15, -0.1) is 0 Å². The van der Waals surface area contributed by atoms with Crippen LogP contribution < -0.4 is 20.7 Å². The molecule has 0 saturated carbocycles. The highest BCUT2D eigenvalue weighted by Gasteiger charge is 2.31. The van der Waals surface area contributed by atoms with Crippen molar-refractivity contribution >= 4 is 17.7 Å². The van der Waals surface area contributed by atoms with Crippen LogP contribution in [0.3, 0.4) is 0 Å². The van der Waals surface area contributed by atoms with Crippen LogP contribution in [0.25, 0.3) is 0 Å². The normalized spacial score (nSPS) is 22.4. The number of fused-ring (bicyclic) bond motifs is 1. The third kappa shape index (κ3) is 8.26. The predicted octanol–water partition coefficient (Wildman–Crippen LogP) is 1.45. The molecule has 10 heteroatoms. The molecule has 0 bridgehead atoms. The van der Waals surface area contributed by atoms with E-state index in [0.29, 0.717) is 38.1 Å². The summed E-state index contributed by atoms with van der Waals surface area (Å²) in [5, 5.41) is 8.85. The third-order valence-corrected chi connectivity index (χ3v) is 6.57. The highest BCUT2D eigenvalue weighted by atomic mass is 19.1. The predicted molar refractivity (Wildman–Crippen MR) is 141 cm³/mol. The van der Waals surface area contributed by atoms with Crippen LogP contribution in [0.5, 0.6) is 5.75 Å². The lowest BCUT2D eigenvalue weighted by Crippen LogP contribution is -2.57. The summed E-state index contributed by atoms with van der Waals surface area (Å²) in [5.41, 5.74) is 1.71. The second-order valence-electron chi connectivity index (χ2n) is 9.33. The zero-order valence-electron chi connectivity index (χ0n) is 22.2. The minimum atomic E-state index is -0.902. The number of benzene rings is 2. The lowest BCUT2D eigenvalue weighted by molar-refractivity contribution is -0.141. The molecule has 9 nitrogen and oxygen atoms in total. The van der Waals surface area contributed by atoms with Gasteiger partial charge in [0.25, 0.3) is 0 Å². The molecular weight excluding hydrogens is 491 g/mol. The van der Waals surface area contributed by atoms with Crippen LogP contribution in [0, 0.1) is 5.82 Å². The van der Waals surface area contributed by atoms with Gasteiger partial charge in [0, 0.05) is 33.7 Å². The lowest BCUT2D eigenvalue weighted by atomic mass is 10.0. The molecule has 0 fully saturated rings. The Hall–Kier alpha value is -3.50. The van der Waals surface area contributed by atoms with Crippen LogP contribution in [0.15, 0.2) is 48.5 Å². The summed E-state index contributed by atoms with van der Waals surface area (Å²) in [6.45, 7) is 2.85. The van der Waals surface area contributed by atoms with Crippen molar-refractivity contribution in [3.05, 3.63) is 65.5 Å². The van der Waals surface area contributed by atoms with Crippen molar-refractivity contribution in [3.8, 4) is 5.75 Å². The summed E-state index contributed by atoms with van der Waals surface area (Å²) in [6.07, 6.45) is 1.53. The van der Waals surface area contributed by atoms with Gasteiger partial charge in [0.2, 0.25) is 17.7 Å². The van der Waals surface area contributed by atoms with Gasteiger partial charge in [-0.05, 0) is 49.1 Å². The molecule has 1 heterocycles. The first kappa shape index (κ1) is 29.1. The third-order valence-electron chi connectivity index (χ3n) is 6.57. The number of carbonyl (C=O) groups excluding carboxylic acids is 3. The van der Waals surface area contributed by atoms with Gasteiger partial charge >= 0.3 is 0 Å². The van der Waals surface area contributed by atoms with Gasteiger partial charge < -0.3 is 30.3 Å². The number of methoxy groups -OCH3 is 1. The fourth-order valence-electron chi connectivity index (χ4n) is 4.21. The highest BCUT2D eigenvalue weighted by Crippen LogP contribution is 2.19. The van der Waals surface area contributed by atoms with E-state index in [1.54, 1.807) is 19.1 Å². The minimum Gasteiger partial charge on any atom is -0.492 e. The Morgan fingerprint density at radius 1 is 1.03 bits per heavy atom. The second-order valence-corrected chi connectivity index (χ2v) is 9.33. The molecule has 3 rings (SSSR count). The number of likely N-dealkylation sites (N-methyl/N-ethyl adjacent to an activating group) is 1. The van der Waals surface area contributed by atoms with E-state index >= 15 is 0 Å². The van der Waals surface area contributed by atoms with Crippen LogP contribution in [0.1, 0.15) is 24.5 Å². The minimum absolute atomic E-state index is 0.115. The molecule has 0 aromatic heterocycles. The monoisotopic (exact) mass is 528 g/mol. The van der Waals surface area contributed by atoms with Gasteiger partial charge in [-0.3, -0.25) is 14.4 Å². The highest BCUT2D eigenvalue weighted by molar-refractivity contribution is 5.93. The maximum Gasteiger partial charge on any atom is 0.243 e. The zero-order valence-corrected chi connectivity index (χ0v) is 22.2. The van der Waals surface area contributed by atoms with E-state index in [-0.39, 0.29) is 30.7 Å². The molecular formula is C28H37FN4O5. The van der Waals surface area contributed by atoms with Gasteiger partial charge in [0.15, 0.2) is 0 Å². The molecule has 3 atom stereocenters. The van der Waals surface area contributed by atoms with E-state index in [1.807, 2.05) is 24.3 Å². The summed E-state index contributed by atoms with van der Waals surface area (Å²) >= 11 is 0. The quantitative estimate of drug-likeness (QED) is 0.554. The molecule has 3 amide bonds. The van der Waals surface area contributed by atoms with Crippen LogP contribution in [0.2, 0.25) is 0 Å². The number of hydrogen-bond donors (Lipinski definition) is 3. The smallest absolute Gasteiger partial charge is 0.243 e. The van der Waals surface area contributed by atoms with Gasteiger partial charge in [0.05, 0.1) is 6.61 Å². The molecule has 0 spiro atoms. The van der Waals surface area contributed by atoms with Crippen molar-refractivity contribution in [2.45, 2.75) is 44.3 Å². The number of halogens is 1. The van der Waals surface area contributed by atoms with Crippen LogP contribution >= 0.6 is 0 Å². The fourth-order valence-corrected chi connectivity index (χ4v) is 4.21. The van der Waals surface area contributed by atoms with Crippen molar-refractivity contribution in [2.75, 3.05) is 40.5 Å². The SMILES string of the molecule is COC[C@@H]1NCCOc2ccccc2CCCNC(=O)[C@@H](Cc2ccc(F)cc2)NC(=O)[C@@H](C)N(C)C1=O. The lowest BCUT2D eigenvalue weighted by Gasteiger charge is -2.30. The summed E-state index contributed by atoms with van der Waals surface area (Å²) in [6, 6.07) is 11.1. The topological polar surface area (TPSA) is 109 Å². The summed E-state index contributed by atoms with van der Waals surface area (Å²) in [5.74, 6) is -0.783. The summed E-state index contributed by atoms with van der Waals surface area (Å²) in [7, 11) is 3.04. The molecule has 2 aromatic carbocycles. The molecule has 1 aliphatic heterocycles. The molecule has 0 saturated heterocycles. The summed E-state index contributed by atoms with van der Waals surface area (Å²) < 4.78 is 24.6. The number of nitrogens with one attached hydrogen (secondary N) is 3.